The van der Waals surface area contributed by atoms with Gasteiger partial charge in [-0.3, -0.25) is 4.98 Å². The Balaban J connectivity index is 2.16. The Morgan fingerprint density at radius 1 is 1.20 bits per heavy atom. The fourth-order valence-electron chi connectivity index (χ4n) is 3.35. The first-order valence-corrected chi connectivity index (χ1v) is 8.00. The topological polar surface area (TPSA) is 62.7 Å². The summed E-state index contributed by atoms with van der Waals surface area (Å²) in [6, 6.07) is 11.3. The van der Waals surface area contributed by atoms with Crippen molar-refractivity contribution in [3.63, 3.8) is 0 Å². The number of hydrogen-bond acceptors (Lipinski definition) is 4. The number of allylic oxidation sites excluding steroid dienone is 3. The van der Waals surface area contributed by atoms with Crippen LogP contribution < -0.4 is 9.64 Å². The maximum atomic E-state index is 12.1. The first kappa shape index (κ1) is 16.8. The van der Waals surface area contributed by atoms with E-state index in [0.29, 0.717) is 17.0 Å². The quantitative estimate of drug-likeness (QED) is 0.916. The van der Waals surface area contributed by atoms with E-state index in [9.17, 15) is 9.90 Å². The molecule has 1 aromatic carbocycles. The summed E-state index contributed by atoms with van der Waals surface area (Å²) >= 11 is 0. The van der Waals surface area contributed by atoms with Crippen molar-refractivity contribution in [1.29, 1.82) is 0 Å². The number of ether oxygens (including phenoxy) is 1. The van der Waals surface area contributed by atoms with Crippen LogP contribution in [-0.2, 0) is 4.79 Å². The minimum absolute atomic E-state index is 0.332. The molecule has 3 rings (SSSR count). The van der Waals surface area contributed by atoms with Gasteiger partial charge in [0.2, 0.25) is 0 Å². The maximum absolute atomic E-state index is 12.1. The highest BCUT2D eigenvalue weighted by atomic mass is 16.5. The van der Waals surface area contributed by atoms with Crippen LogP contribution in [0.3, 0.4) is 0 Å². The summed E-state index contributed by atoms with van der Waals surface area (Å²) in [6.45, 7) is 3.80. The number of carbonyl (C=O) groups is 1. The molecule has 128 valence electrons. The van der Waals surface area contributed by atoms with E-state index in [1.165, 1.54) is 0 Å². The van der Waals surface area contributed by atoms with Gasteiger partial charge in [-0.1, -0.05) is 24.3 Å². The number of anilines is 1. The molecule has 1 atom stereocenters. The largest absolute Gasteiger partial charge is 0.496 e. The zero-order valence-corrected chi connectivity index (χ0v) is 14.4. The van der Waals surface area contributed by atoms with Crippen LogP contribution in [0.25, 0.3) is 0 Å². The number of pyridine rings is 1. The average Bonchev–Trinajstić information content (AvgIpc) is 2.61. The fraction of sp³-hybridized carbons (Fsp3) is 0.200. The average molecular weight is 336 g/mol. The summed E-state index contributed by atoms with van der Waals surface area (Å²) in [6.07, 6.45) is 5.38. The van der Waals surface area contributed by atoms with Crippen LogP contribution in [-0.4, -0.2) is 23.2 Å². The van der Waals surface area contributed by atoms with Crippen LogP contribution in [0.15, 0.2) is 71.8 Å². The zero-order chi connectivity index (χ0) is 18.0. The standard InChI is InChI=1S/C20H20N2O3/c1-13-11-17(16-8-4-5-9-18(16)25-3)19(20(23)24)14(2)22(13)15-7-6-10-21-12-15/h4-12,17H,1-3H3,(H,23,24). The summed E-state index contributed by atoms with van der Waals surface area (Å²) in [7, 11) is 1.59. The van der Waals surface area contributed by atoms with Gasteiger partial charge in [-0.15, -0.1) is 0 Å². The van der Waals surface area contributed by atoms with Gasteiger partial charge in [-0.2, -0.15) is 0 Å². The third-order valence-corrected chi connectivity index (χ3v) is 4.41. The number of para-hydroxylation sites is 1. The Morgan fingerprint density at radius 2 is 1.96 bits per heavy atom. The molecule has 1 N–H and O–H groups in total. The van der Waals surface area contributed by atoms with Crippen molar-refractivity contribution in [3.8, 4) is 5.75 Å². The third-order valence-electron chi connectivity index (χ3n) is 4.41. The molecule has 0 bridgehead atoms. The molecule has 0 spiro atoms. The van der Waals surface area contributed by atoms with Crippen molar-refractivity contribution in [1.82, 2.24) is 4.98 Å². The van der Waals surface area contributed by atoms with Gasteiger partial charge < -0.3 is 14.7 Å². The van der Waals surface area contributed by atoms with E-state index in [4.69, 9.17) is 4.74 Å². The number of methoxy groups -OCH3 is 1. The summed E-state index contributed by atoms with van der Waals surface area (Å²) in [4.78, 5) is 18.1. The molecule has 25 heavy (non-hydrogen) atoms. The number of carboxylic acids is 1. The van der Waals surface area contributed by atoms with E-state index in [1.54, 1.807) is 19.5 Å². The summed E-state index contributed by atoms with van der Waals surface area (Å²) in [5.41, 5.74) is 3.64. The number of carboxylic acid groups (broad SMARTS) is 1. The molecule has 5 nitrogen and oxygen atoms in total. The first-order chi connectivity index (χ1) is 12.0. The van der Waals surface area contributed by atoms with E-state index in [2.05, 4.69) is 4.98 Å². The lowest BCUT2D eigenvalue weighted by atomic mass is 9.85. The van der Waals surface area contributed by atoms with Gasteiger partial charge >= 0.3 is 5.97 Å². The van der Waals surface area contributed by atoms with Gasteiger partial charge in [0.15, 0.2) is 0 Å². The van der Waals surface area contributed by atoms with Gasteiger partial charge in [0, 0.05) is 29.1 Å². The van der Waals surface area contributed by atoms with Crippen molar-refractivity contribution in [3.05, 3.63) is 77.4 Å². The minimum Gasteiger partial charge on any atom is -0.496 e. The molecule has 0 amide bonds. The molecule has 1 unspecified atom stereocenters. The minimum atomic E-state index is -0.939. The number of aliphatic carboxylic acids is 1. The number of benzene rings is 1. The van der Waals surface area contributed by atoms with Crippen molar-refractivity contribution in [2.24, 2.45) is 0 Å². The SMILES string of the molecule is COc1ccccc1C1C=C(C)N(c2cccnc2)C(C)=C1C(=O)O. The Morgan fingerprint density at radius 3 is 2.60 bits per heavy atom. The molecule has 5 heteroatoms. The molecular formula is C20H20N2O3. The van der Waals surface area contributed by atoms with E-state index in [1.807, 2.05) is 61.2 Å². The van der Waals surface area contributed by atoms with Crippen LogP contribution in [0.2, 0.25) is 0 Å². The second kappa shape index (κ2) is 6.81. The van der Waals surface area contributed by atoms with Gasteiger partial charge in [-0.25, -0.2) is 4.79 Å². The van der Waals surface area contributed by atoms with E-state index in [-0.39, 0.29) is 5.92 Å². The van der Waals surface area contributed by atoms with Gasteiger partial charge in [0.1, 0.15) is 5.75 Å². The second-order valence-electron chi connectivity index (χ2n) is 5.88. The predicted octanol–water partition coefficient (Wildman–Crippen LogP) is 3.96. The lowest BCUT2D eigenvalue weighted by Crippen LogP contribution is -2.29. The monoisotopic (exact) mass is 336 g/mol. The predicted molar refractivity (Wildman–Crippen MR) is 96.5 cm³/mol. The molecule has 1 aliphatic heterocycles. The van der Waals surface area contributed by atoms with Crippen LogP contribution in [0.5, 0.6) is 5.75 Å². The van der Waals surface area contributed by atoms with Gasteiger partial charge in [0.05, 0.1) is 24.6 Å². The highest BCUT2D eigenvalue weighted by molar-refractivity contribution is 5.92. The highest BCUT2D eigenvalue weighted by Crippen LogP contribution is 2.41. The summed E-state index contributed by atoms with van der Waals surface area (Å²) in [5, 5.41) is 9.88. The third kappa shape index (κ3) is 3.01. The summed E-state index contributed by atoms with van der Waals surface area (Å²) < 4.78 is 5.44. The maximum Gasteiger partial charge on any atom is 0.334 e. The molecule has 0 fully saturated rings. The molecule has 2 heterocycles. The molecule has 1 aromatic heterocycles. The molecule has 1 aliphatic rings. The smallest absolute Gasteiger partial charge is 0.334 e. The van der Waals surface area contributed by atoms with Gasteiger partial charge in [-0.05, 0) is 32.0 Å². The lowest BCUT2D eigenvalue weighted by molar-refractivity contribution is -0.132. The number of hydrogen-bond donors (Lipinski definition) is 1. The lowest BCUT2D eigenvalue weighted by Gasteiger charge is -2.34. The Hall–Kier alpha value is -3.08. The molecule has 0 saturated carbocycles. The van der Waals surface area contributed by atoms with Crippen LogP contribution >= 0.6 is 0 Å². The first-order valence-electron chi connectivity index (χ1n) is 8.00. The molecular weight excluding hydrogens is 316 g/mol. The second-order valence-corrected chi connectivity index (χ2v) is 5.88. The number of aromatic nitrogens is 1. The van der Waals surface area contributed by atoms with E-state index < -0.39 is 5.97 Å². The zero-order valence-electron chi connectivity index (χ0n) is 14.4. The Bertz CT molecular complexity index is 856. The van der Waals surface area contributed by atoms with Crippen LogP contribution in [0, 0.1) is 0 Å². The van der Waals surface area contributed by atoms with E-state index in [0.717, 1.165) is 16.9 Å². The van der Waals surface area contributed by atoms with Crippen LogP contribution in [0.1, 0.15) is 25.3 Å². The fourth-order valence-corrected chi connectivity index (χ4v) is 3.35. The van der Waals surface area contributed by atoms with Gasteiger partial charge in [0.25, 0.3) is 0 Å². The van der Waals surface area contributed by atoms with Crippen molar-refractivity contribution in [2.75, 3.05) is 12.0 Å². The van der Waals surface area contributed by atoms with Crippen molar-refractivity contribution >= 4 is 11.7 Å². The van der Waals surface area contributed by atoms with Crippen molar-refractivity contribution in [2.45, 2.75) is 19.8 Å². The molecule has 2 aromatic rings. The van der Waals surface area contributed by atoms with Crippen molar-refractivity contribution < 1.29 is 14.6 Å². The highest BCUT2D eigenvalue weighted by Gasteiger charge is 2.32. The summed E-state index contributed by atoms with van der Waals surface area (Å²) in [5.74, 6) is -0.634. The number of rotatable bonds is 4. The Kier molecular flexibility index (Phi) is 4.57. The Labute approximate surface area is 146 Å². The molecule has 0 radical (unpaired) electrons. The van der Waals surface area contributed by atoms with E-state index >= 15 is 0 Å². The molecule has 0 aliphatic carbocycles. The normalized spacial score (nSPS) is 17.3. The number of nitrogens with zero attached hydrogens (tertiary/aromatic N) is 2. The van der Waals surface area contributed by atoms with Crippen LogP contribution in [0.4, 0.5) is 5.69 Å². The molecule has 0 saturated heterocycles.